The molecule has 7 nitrogen and oxygen atoms in total. The number of aromatic nitrogens is 4. The van der Waals surface area contributed by atoms with Gasteiger partial charge in [-0.25, -0.2) is 4.98 Å². The topological polar surface area (TPSA) is 93.8 Å². The highest BCUT2D eigenvalue weighted by Gasteiger charge is 2.14. The second-order valence-corrected chi connectivity index (χ2v) is 4.83. The average Bonchev–Trinajstić information content (AvgIpc) is 3.04. The molecule has 3 rings (SSSR count). The van der Waals surface area contributed by atoms with E-state index < -0.39 is 0 Å². The van der Waals surface area contributed by atoms with Gasteiger partial charge in [-0.05, 0) is 18.1 Å². The highest BCUT2D eigenvalue weighted by atomic mass is 16.4. The summed E-state index contributed by atoms with van der Waals surface area (Å²) < 4.78 is 5.45. The molecule has 2 aromatic heterocycles. The Labute approximate surface area is 132 Å². The van der Waals surface area contributed by atoms with E-state index in [1.165, 1.54) is 12.4 Å². The molecule has 1 aromatic carbocycles. The molecule has 3 aromatic rings. The Balaban J connectivity index is 1.68. The van der Waals surface area contributed by atoms with Gasteiger partial charge in [0.1, 0.15) is 12.1 Å². The predicted octanol–water partition coefficient (Wildman–Crippen LogP) is 2.27. The van der Waals surface area contributed by atoms with Gasteiger partial charge in [0.25, 0.3) is 5.89 Å². The van der Waals surface area contributed by atoms with Gasteiger partial charge in [-0.1, -0.05) is 25.1 Å². The first-order valence-electron chi connectivity index (χ1n) is 7.22. The number of benzene rings is 1. The molecule has 0 saturated heterocycles. The summed E-state index contributed by atoms with van der Waals surface area (Å²) >= 11 is 0. The fraction of sp³-hybridized carbons (Fsp3) is 0.188. The lowest BCUT2D eigenvalue weighted by Gasteiger charge is -2.08. The van der Waals surface area contributed by atoms with Gasteiger partial charge in [0.15, 0.2) is 0 Å². The van der Waals surface area contributed by atoms with Crippen molar-refractivity contribution in [3.8, 4) is 11.6 Å². The Morgan fingerprint density at radius 2 is 2.09 bits per heavy atom. The Morgan fingerprint density at radius 1 is 1.22 bits per heavy atom. The van der Waals surface area contributed by atoms with E-state index in [4.69, 9.17) is 4.42 Å². The van der Waals surface area contributed by atoms with Crippen LogP contribution in [0.2, 0.25) is 0 Å². The van der Waals surface area contributed by atoms with Crippen molar-refractivity contribution in [3.63, 3.8) is 0 Å². The maximum Gasteiger partial charge on any atom is 0.267 e. The summed E-state index contributed by atoms with van der Waals surface area (Å²) in [5.74, 6) is 0.271. The lowest BCUT2D eigenvalue weighted by atomic mass is 10.1. The first-order chi connectivity index (χ1) is 11.3. The number of amides is 1. The van der Waals surface area contributed by atoms with E-state index in [0.29, 0.717) is 5.69 Å². The van der Waals surface area contributed by atoms with Crippen LogP contribution >= 0.6 is 0 Å². The third-order valence-corrected chi connectivity index (χ3v) is 3.23. The van der Waals surface area contributed by atoms with E-state index in [1.54, 1.807) is 6.20 Å². The zero-order valence-corrected chi connectivity index (χ0v) is 12.6. The fourth-order valence-corrected chi connectivity index (χ4v) is 2.12. The van der Waals surface area contributed by atoms with Gasteiger partial charge in [-0.15, -0.1) is 10.2 Å². The maximum absolute atomic E-state index is 12.1. The molecule has 0 radical (unpaired) electrons. The fourth-order valence-electron chi connectivity index (χ4n) is 2.12. The SMILES string of the molecule is CCc1ccccc1NC(=O)Cc1nnc(-c2cnccn2)o1. The molecule has 0 fully saturated rings. The normalized spacial score (nSPS) is 10.5. The van der Waals surface area contributed by atoms with Crippen LogP contribution in [0, 0.1) is 0 Å². The molecule has 0 aliphatic carbocycles. The second-order valence-electron chi connectivity index (χ2n) is 4.83. The van der Waals surface area contributed by atoms with Crippen molar-refractivity contribution in [3.05, 3.63) is 54.3 Å². The summed E-state index contributed by atoms with van der Waals surface area (Å²) in [7, 11) is 0. The summed E-state index contributed by atoms with van der Waals surface area (Å²) in [6, 6.07) is 7.68. The van der Waals surface area contributed by atoms with E-state index in [0.717, 1.165) is 17.7 Å². The molecule has 0 atom stereocenters. The minimum atomic E-state index is -0.208. The molecule has 0 saturated carbocycles. The van der Waals surface area contributed by atoms with Crippen molar-refractivity contribution in [2.24, 2.45) is 0 Å². The third kappa shape index (κ3) is 3.57. The van der Waals surface area contributed by atoms with E-state index in [-0.39, 0.29) is 24.1 Å². The molecular weight excluding hydrogens is 294 g/mol. The Hall–Kier alpha value is -3.09. The molecule has 23 heavy (non-hydrogen) atoms. The van der Waals surface area contributed by atoms with E-state index in [9.17, 15) is 4.79 Å². The monoisotopic (exact) mass is 309 g/mol. The van der Waals surface area contributed by atoms with Crippen LogP contribution in [0.5, 0.6) is 0 Å². The number of nitrogens with one attached hydrogen (secondary N) is 1. The molecule has 0 bridgehead atoms. The lowest BCUT2D eigenvalue weighted by Crippen LogP contribution is -2.15. The Morgan fingerprint density at radius 3 is 2.87 bits per heavy atom. The molecular formula is C16H15N5O2. The van der Waals surface area contributed by atoms with Gasteiger partial charge in [0.2, 0.25) is 11.8 Å². The quantitative estimate of drug-likeness (QED) is 0.777. The van der Waals surface area contributed by atoms with Crippen LogP contribution in [0.1, 0.15) is 18.4 Å². The minimum Gasteiger partial charge on any atom is -0.419 e. The first kappa shape index (κ1) is 14.8. The zero-order chi connectivity index (χ0) is 16.1. The van der Waals surface area contributed by atoms with Crippen LogP contribution in [-0.4, -0.2) is 26.1 Å². The number of carbonyl (C=O) groups is 1. The first-order valence-corrected chi connectivity index (χ1v) is 7.22. The van der Waals surface area contributed by atoms with Crippen LogP contribution in [0.3, 0.4) is 0 Å². The van der Waals surface area contributed by atoms with Crippen molar-refractivity contribution in [2.45, 2.75) is 19.8 Å². The number of nitrogens with zero attached hydrogens (tertiary/aromatic N) is 4. The van der Waals surface area contributed by atoms with Crippen LogP contribution in [-0.2, 0) is 17.6 Å². The molecule has 0 unspecified atom stereocenters. The number of hydrogen-bond donors (Lipinski definition) is 1. The highest BCUT2D eigenvalue weighted by molar-refractivity contribution is 5.92. The molecule has 0 spiro atoms. The van der Waals surface area contributed by atoms with Gasteiger partial charge in [-0.3, -0.25) is 9.78 Å². The van der Waals surface area contributed by atoms with Crippen molar-refractivity contribution in [1.29, 1.82) is 0 Å². The van der Waals surface area contributed by atoms with Crippen molar-refractivity contribution >= 4 is 11.6 Å². The summed E-state index contributed by atoms with van der Waals surface area (Å²) in [6.07, 6.45) is 5.46. The number of para-hydroxylation sites is 1. The molecule has 2 heterocycles. The highest BCUT2D eigenvalue weighted by Crippen LogP contribution is 2.17. The number of anilines is 1. The summed E-state index contributed by atoms with van der Waals surface area (Å²) in [4.78, 5) is 20.1. The van der Waals surface area contributed by atoms with Gasteiger partial charge >= 0.3 is 0 Å². The number of aryl methyl sites for hydroxylation is 1. The summed E-state index contributed by atoms with van der Waals surface area (Å²) in [6.45, 7) is 2.04. The molecule has 0 aliphatic rings. The largest absolute Gasteiger partial charge is 0.419 e. The van der Waals surface area contributed by atoms with E-state index >= 15 is 0 Å². The van der Waals surface area contributed by atoms with Gasteiger partial charge in [-0.2, -0.15) is 0 Å². The lowest BCUT2D eigenvalue weighted by molar-refractivity contribution is -0.115. The second kappa shape index (κ2) is 6.78. The third-order valence-electron chi connectivity index (χ3n) is 3.23. The standard InChI is InChI=1S/C16H15N5O2/c1-2-11-5-3-4-6-12(11)19-14(22)9-15-20-21-16(23-15)13-10-17-7-8-18-13/h3-8,10H,2,9H2,1H3,(H,19,22). The smallest absolute Gasteiger partial charge is 0.267 e. The minimum absolute atomic E-state index is 0.00527. The molecule has 1 amide bonds. The molecule has 1 N–H and O–H groups in total. The zero-order valence-electron chi connectivity index (χ0n) is 12.6. The van der Waals surface area contributed by atoms with Crippen LogP contribution in [0.4, 0.5) is 5.69 Å². The molecule has 116 valence electrons. The Bertz CT molecular complexity index is 801. The van der Waals surface area contributed by atoms with Crippen LogP contribution < -0.4 is 5.32 Å². The molecule has 7 heteroatoms. The van der Waals surface area contributed by atoms with Gasteiger partial charge in [0, 0.05) is 18.1 Å². The van der Waals surface area contributed by atoms with E-state index in [2.05, 4.69) is 25.5 Å². The molecule has 0 aliphatic heterocycles. The van der Waals surface area contributed by atoms with Crippen LogP contribution in [0.15, 0.2) is 47.3 Å². The number of hydrogen-bond acceptors (Lipinski definition) is 6. The summed E-state index contributed by atoms with van der Waals surface area (Å²) in [5, 5.41) is 10.6. The van der Waals surface area contributed by atoms with Gasteiger partial charge in [0.05, 0.1) is 6.20 Å². The predicted molar refractivity (Wildman–Crippen MR) is 83.5 cm³/mol. The van der Waals surface area contributed by atoms with Crippen molar-refractivity contribution < 1.29 is 9.21 Å². The number of carbonyl (C=O) groups excluding carboxylic acids is 1. The Kier molecular flexibility index (Phi) is 4.37. The van der Waals surface area contributed by atoms with E-state index in [1.807, 2.05) is 31.2 Å². The average molecular weight is 309 g/mol. The van der Waals surface area contributed by atoms with Crippen molar-refractivity contribution in [2.75, 3.05) is 5.32 Å². The van der Waals surface area contributed by atoms with Gasteiger partial charge < -0.3 is 9.73 Å². The van der Waals surface area contributed by atoms with Crippen LogP contribution in [0.25, 0.3) is 11.6 Å². The number of rotatable bonds is 5. The maximum atomic E-state index is 12.1. The van der Waals surface area contributed by atoms with Crippen molar-refractivity contribution in [1.82, 2.24) is 20.2 Å². The summed E-state index contributed by atoms with van der Waals surface area (Å²) in [5.41, 5.74) is 2.35.